The quantitative estimate of drug-likeness (QED) is 0.542. The molecule has 1 saturated carbocycles. The van der Waals surface area contributed by atoms with E-state index in [2.05, 4.69) is 15.0 Å². The van der Waals surface area contributed by atoms with E-state index in [1.165, 1.54) is 18.2 Å². The minimum absolute atomic E-state index is 0.0594. The Labute approximate surface area is 206 Å². The summed E-state index contributed by atoms with van der Waals surface area (Å²) in [4.78, 5) is 14.9. The van der Waals surface area contributed by atoms with E-state index in [0.29, 0.717) is 45.6 Å². The number of ether oxygens (including phenoxy) is 1. The number of anilines is 2. The third-order valence-corrected chi connectivity index (χ3v) is 9.25. The van der Waals surface area contributed by atoms with Gasteiger partial charge in [0.1, 0.15) is 10.6 Å². The molecule has 1 aromatic carbocycles. The Balaban J connectivity index is 1.72. The van der Waals surface area contributed by atoms with Gasteiger partial charge in [-0.25, -0.2) is 23.4 Å². The summed E-state index contributed by atoms with van der Waals surface area (Å²) in [6, 6.07) is 10.1. The predicted molar refractivity (Wildman–Crippen MR) is 127 cm³/mol. The van der Waals surface area contributed by atoms with Gasteiger partial charge in [0.05, 0.1) is 35.1 Å². The Kier molecular flexibility index (Phi) is 6.11. The van der Waals surface area contributed by atoms with Crippen molar-refractivity contribution >= 4 is 21.6 Å². The van der Waals surface area contributed by atoms with E-state index in [0.717, 1.165) is 12.3 Å². The molecule has 12 heteroatoms. The number of morpholine rings is 1. The summed E-state index contributed by atoms with van der Waals surface area (Å²) in [5.41, 5.74) is 4.38. The maximum Gasteiger partial charge on any atom is 0.417 e. The molecule has 0 radical (unpaired) electrons. The summed E-state index contributed by atoms with van der Waals surface area (Å²) >= 11 is 0. The molecule has 1 aliphatic carbocycles. The lowest BCUT2D eigenvalue weighted by Crippen LogP contribution is -2.44. The van der Waals surface area contributed by atoms with Crippen LogP contribution >= 0.6 is 0 Å². The van der Waals surface area contributed by atoms with E-state index >= 15 is 0 Å². The molecule has 2 fully saturated rings. The molecule has 0 amide bonds. The Hall–Kier alpha value is -3.25. The molecule has 8 nitrogen and oxygen atoms in total. The van der Waals surface area contributed by atoms with Crippen molar-refractivity contribution in [2.45, 2.75) is 35.1 Å². The molecule has 5 rings (SSSR count). The second-order valence-corrected chi connectivity index (χ2v) is 11.1. The van der Waals surface area contributed by atoms with Gasteiger partial charge in [-0.2, -0.15) is 13.2 Å². The highest BCUT2D eigenvalue weighted by molar-refractivity contribution is 7.92. The van der Waals surface area contributed by atoms with Gasteiger partial charge in [-0.05, 0) is 43.5 Å². The summed E-state index contributed by atoms with van der Waals surface area (Å²) < 4.78 is 73.5. The Morgan fingerprint density at radius 2 is 1.72 bits per heavy atom. The Bertz CT molecular complexity index is 1370. The maximum atomic E-state index is 13.9. The number of benzene rings is 1. The van der Waals surface area contributed by atoms with Crippen LogP contribution in [-0.4, -0.2) is 49.7 Å². The molecule has 2 aromatic heterocycles. The number of hydrogen-bond acceptors (Lipinski definition) is 8. The molecule has 0 spiro atoms. The van der Waals surface area contributed by atoms with Crippen molar-refractivity contribution in [3.05, 3.63) is 59.9 Å². The zero-order valence-electron chi connectivity index (χ0n) is 19.2. The molecule has 0 atom stereocenters. The average Bonchev–Trinajstić information content (AvgIpc) is 2.83. The van der Waals surface area contributed by atoms with E-state index in [1.807, 2.05) is 0 Å². The molecule has 1 aliphatic heterocycles. The van der Waals surface area contributed by atoms with Crippen molar-refractivity contribution in [3.8, 4) is 11.3 Å². The van der Waals surface area contributed by atoms with Crippen LogP contribution in [0.4, 0.5) is 24.9 Å². The topological polar surface area (TPSA) is 111 Å². The largest absolute Gasteiger partial charge is 0.417 e. The first-order valence-corrected chi connectivity index (χ1v) is 13.0. The van der Waals surface area contributed by atoms with Gasteiger partial charge in [-0.3, -0.25) is 0 Å². The molecule has 1 saturated heterocycles. The summed E-state index contributed by atoms with van der Waals surface area (Å²) in [5.74, 6) is -0.124. The van der Waals surface area contributed by atoms with Crippen molar-refractivity contribution in [2.24, 2.45) is 0 Å². The molecule has 3 heterocycles. The van der Waals surface area contributed by atoms with E-state index in [4.69, 9.17) is 10.5 Å². The number of hydrogen-bond donors (Lipinski definition) is 1. The number of sulfone groups is 1. The number of nitrogen functional groups attached to an aromatic ring is 1. The van der Waals surface area contributed by atoms with Gasteiger partial charge in [-0.1, -0.05) is 18.2 Å². The molecule has 0 unspecified atom stereocenters. The highest BCUT2D eigenvalue weighted by Gasteiger charge is 2.52. The number of alkyl halides is 3. The fourth-order valence-electron chi connectivity index (χ4n) is 4.61. The monoisotopic (exact) mass is 519 g/mol. The third kappa shape index (κ3) is 4.17. The standard InChI is InChI=1S/C24H24F3N5O3S/c25-24(26,27)18-13-21(28)29-15-17(18)19-14-20(31-22(30-19)32-9-11-35-12-10-32)23(7-4-8-23)36(33,34)16-5-2-1-3-6-16/h1-3,5-6,13-15H,4,7-12H2,(H2,28,29). The van der Waals surface area contributed by atoms with Crippen molar-refractivity contribution in [3.63, 3.8) is 0 Å². The normalized spacial score (nSPS) is 18.0. The fraction of sp³-hybridized carbons (Fsp3) is 0.375. The van der Waals surface area contributed by atoms with Crippen LogP contribution in [0.3, 0.4) is 0 Å². The summed E-state index contributed by atoms with van der Waals surface area (Å²) in [6.45, 7) is 1.64. The molecular formula is C24H24F3N5O3S. The first kappa shape index (κ1) is 24.4. The first-order chi connectivity index (χ1) is 17.1. The van der Waals surface area contributed by atoms with Crippen LogP contribution in [-0.2, 0) is 25.5 Å². The third-order valence-electron chi connectivity index (χ3n) is 6.71. The number of aromatic nitrogens is 3. The zero-order chi connectivity index (χ0) is 25.6. The smallest absolute Gasteiger partial charge is 0.384 e. The molecule has 2 aliphatic rings. The second-order valence-electron chi connectivity index (χ2n) is 8.85. The number of nitrogens with two attached hydrogens (primary N) is 1. The van der Waals surface area contributed by atoms with Gasteiger partial charge in [0.25, 0.3) is 0 Å². The number of rotatable bonds is 5. The van der Waals surface area contributed by atoms with Crippen molar-refractivity contribution in [1.29, 1.82) is 0 Å². The first-order valence-electron chi connectivity index (χ1n) is 11.5. The maximum absolute atomic E-state index is 13.9. The van der Waals surface area contributed by atoms with Crippen molar-refractivity contribution in [2.75, 3.05) is 36.9 Å². The van der Waals surface area contributed by atoms with Gasteiger partial charge >= 0.3 is 6.18 Å². The number of pyridine rings is 1. The predicted octanol–water partition coefficient (Wildman–Crippen LogP) is 3.83. The van der Waals surface area contributed by atoms with Crippen molar-refractivity contribution < 1.29 is 26.3 Å². The second kappa shape index (κ2) is 9.00. The van der Waals surface area contributed by atoms with E-state index in [1.54, 1.807) is 23.1 Å². The van der Waals surface area contributed by atoms with Gasteiger partial charge < -0.3 is 15.4 Å². The van der Waals surface area contributed by atoms with Crippen LogP contribution in [0, 0.1) is 0 Å². The summed E-state index contributed by atoms with van der Waals surface area (Å²) in [5, 5.41) is 0. The summed E-state index contributed by atoms with van der Waals surface area (Å²) in [7, 11) is -3.90. The van der Waals surface area contributed by atoms with Crippen LogP contribution in [0.25, 0.3) is 11.3 Å². The molecule has 36 heavy (non-hydrogen) atoms. The van der Waals surface area contributed by atoms with Crippen LogP contribution < -0.4 is 10.6 Å². The van der Waals surface area contributed by atoms with Crippen LogP contribution in [0.1, 0.15) is 30.5 Å². The van der Waals surface area contributed by atoms with Crippen LogP contribution in [0.5, 0.6) is 0 Å². The van der Waals surface area contributed by atoms with Gasteiger partial charge in [-0.15, -0.1) is 0 Å². The lowest BCUT2D eigenvalue weighted by molar-refractivity contribution is -0.137. The Morgan fingerprint density at radius 3 is 2.33 bits per heavy atom. The molecule has 190 valence electrons. The lowest BCUT2D eigenvalue weighted by atomic mass is 9.81. The van der Waals surface area contributed by atoms with Gasteiger partial charge in [0.2, 0.25) is 5.95 Å². The van der Waals surface area contributed by atoms with Crippen molar-refractivity contribution in [1.82, 2.24) is 15.0 Å². The highest BCUT2D eigenvalue weighted by atomic mass is 32.2. The zero-order valence-corrected chi connectivity index (χ0v) is 20.0. The number of halogens is 3. The van der Waals surface area contributed by atoms with E-state index in [9.17, 15) is 21.6 Å². The van der Waals surface area contributed by atoms with Gasteiger partial charge in [0, 0.05) is 24.8 Å². The SMILES string of the molecule is Nc1cc(C(F)(F)F)c(-c2cc(C3(S(=O)(=O)c4ccccc4)CCC3)nc(N3CCOCC3)n2)cn1. The van der Waals surface area contributed by atoms with E-state index in [-0.39, 0.29) is 33.6 Å². The van der Waals surface area contributed by atoms with Crippen LogP contribution in [0.15, 0.2) is 53.6 Å². The van der Waals surface area contributed by atoms with Crippen LogP contribution in [0.2, 0.25) is 0 Å². The lowest BCUT2D eigenvalue weighted by Gasteiger charge is -2.41. The van der Waals surface area contributed by atoms with E-state index < -0.39 is 26.3 Å². The summed E-state index contributed by atoms with van der Waals surface area (Å²) in [6.07, 6.45) is -2.45. The number of nitrogens with zero attached hydrogens (tertiary/aromatic N) is 4. The molecule has 3 aromatic rings. The molecule has 2 N–H and O–H groups in total. The average molecular weight is 520 g/mol. The molecule has 0 bridgehead atoms. The minimum Gasteiger partial charge on any atom is -0.384 e. The van der Waals surface area contributed by atoms with Gasteiger partial charge in [0.15, 0.2) is 9.84 Å². The molecular weight excluding hydrogens is 495 g/mol. The minimum atomic E-state index is -4.72. The highest BCUT2D eigenvalue weighted by Crippen LogP contribution is 2.51. The fourth-order valence-corrected chi connectivity index (χ4v) is 6.78. The Morgan fingerprint density at radius 1 is 1.03 bits per heavy atom.